The van der Waals surface area contributed by atoms with E-state index in [1.54, 1.807) is 0 Å². The Hall–Kier alpha value is -1.29. The molecule has 1 aliphatic heterocycles. The van der Waals surface area contributed by atoms with E-state index in [1.807, 2.05) is 29.8 Å². The first-order chi connectivity index (χ1) is 9.72. The highest BCUT2D eigenvalue weighted by molar-refractivity contribution is 5.87. The first-order valence-electron chi connectivity index (χ1n) is 7.72. The van der Waals surface area contributed by atoms with Crippen LogP contribution in [0.5, 0.6) is 0 Å². The highest BCUT2D eigenvalue weighted by Crippen LogP contribution is 2.43. The summed E-state index contributed by atoms with van der Waals surface area (Å²) in [4.78, 5) is 11.9. The fourth-order valence-electron chi connectivity index (χ4n) is 3.59. The largest absolute Gasteiger partial charge is 0.461 e. The van der Waals surface area contributed by atoms with Crippen molar-refractivity contribution in [3.05, 3.63) is 24.0 Å². The summed E-state index contributed by atoms with van der Waals surface area (Å²) < 4.78 is 13.4. The Kier molecular flexibility index (Phi) is 3.83. The fraction of sp³-hybridized carbons (Fsp3) is 0.688. The van der Waals surface area contributed by atoms with Gasteiger partial charge in [-0.3, -0.25) is 0 Å². The number of carbonyl (C=O) groups excluding carboxylic acids is 1. The van der Waals surface area contributed by atoms with Crippen LogP contribution >= 0.6 is 0 Å². The van der Waals surface area contributed by atoms with Crippen molar-refractivity contribution in [1.82, 2.24) is 4.57 Å². The van der Waals surface area contributed by atoms with Gasteiger partial charge in [-0.25, -0.2) is 4.79 Å². The van der Waals surface area contributed by atoms with Crippen LogP contribution in [0, 0.1) is 0 Å². The summed E-state index contributed by atoms with van der Waals surface area (Å²) in [6.45, 7) is 2.99. The molecule has 1 unspecified atom stereocenters. The molecule has 2 heterocycles. The van der Waals surface area contributed by atoms with Crippen molar-refractivity contribution in [3.8, 4) is 0 Å². The Bertz CT molecular complexity index is 474. The smallest absolute Gasteiger partial charge is 0.354 e. The fourth-order valence-corrected chi connectivity index (χ4v) is 3.59. The van der Waals surface area contributed by atoms with Crippen LogP contribution in [0.25, 0.3) is 0 Å². The molecule has 110 valence electrons. The predicted molar refractivity (Wildman–Crippen MR) is 75.7 cm³/mol. The van der Waals surface area contributed by atoms with Crippen molar-refractivity contribution < 1.29 is 14.3 Å². The SMILES string of the molecule is CCOC(=O)c1cccn1CC1CCC2(CCCC2)O1. The van der Waals surface area contributed by atoms with Crippen LogP contribution in [-0.4, -0.2) is 28.8 Å². The van der Waals surface area contributed by atoms with Crippen molar-refractivity contribution >= 4 is 5.97 Å². The van der Waals surface area contributed by atoms with Gasteiger partial charge in [0.05, 0.1) is 18.3 Å². The molecule has 3 rings (SSSR count). The zero-order chi connectivity index (χ0) is 14.0. The number of aromatic nitrogens is 1. The molecule has 1 saturated carbocycles. The van der Waals surface area contributed by atoms with E-state index in [1.165, 1.54) is 32.1 Å². The van der Waals surface area contributed by atoms with Gasteiger partial charge in [-0.1, -0.05) is 12.8 Å². The summed E-state index contributed by atoms with van der Waals surface area (Å²) in [5.74, 6) is -0.244. The number of hydrogen-bond donors (Lipinski definition) is 0. The van der Waals surface area contributed by atoms with Crippen molar-refractivity contribution in [3.63, 3.8) is 0 Å². The van der Waals surface area contributed by atoms with Gasteiger partial charge in [0.2, 0.25) is 0 Å². The minimum absolute atomic E-state index is 0.155. The van der Waals surface area contributed by atoms with E-state index in [4.69, 9.17) is 9.47 Å². The van der Waals surface area contributed by atoms with Crippen LogP contribution in [0.2, 0.25) is 0 Å². The lowest BCUT2D eigenvalue weighted by atomic mass is 9.98. The lowest BCUT2D eigenvalue weighted by Gasteiger charge is -2.24. The van der Waals surface area contributed by atoms with Crippen molar-refractivity contribution in [2.45, 2.75) is 63.7 Å². The minimum Gasteiger partial charge on any atom is -0.461 e. The summed E-state index contributed by atoms with van der Waals surface area (Å²) in [6, 6.07) is 3.71. The molecule has 1 aromatic rings. The van der Waals surface area contributed by atoms with Gasteiger partial charge in [0.25, 0.3) is 0 Å². The Labute approximate surface area is 120 Å². The Balaban J connectivity index is 1.64. The summed E-state index contributed by atoms with van der Waals surface area (Å²) in [7, 11) is 0. The molecule has 1 aromatic heterocycles. The Morgan fingerprint density at radius 2 is 2.25 bits per heavy atom. The zero-order valence-corrected chi connectivity index (χ0v) is 12.1. The van der Waals surface area contributed by atoms with Crippen LogP contribution < -0.4 is 0 Å². The Morgan fingerprint density at radius 3 is 3.00 bits per heavy atom. The normalized spacial score (nSPS) is 24.4. The minimum atomic E-state index is -0.244. The number of nitrogens with zero attached hydrogens (tertiary/aromatic N) is 1. The van der Waals surface area contributed by atoms with E-state index < -0.39 is 0 Å². The van der Waals surface area contributed by atoms with Crippen LogP contribution in [0.4, 0.5) is 0 Å². The molecule has 1 spiro atoms. The van der Waals surface area contributed by atoms with Gasteiger partial charge in [0, 0.05) is 12.7 Å². The topological polar surface area (TPSA) is 40.5 Å². The lowest BCUT2D eigenvalue weighted by Crippen LogP contribution is -2.27. The van der Waals surface area contributed by atoms with Crippen LogP contribution in [0.3, 0.4) is 0 Å². The van der Waals surface area contributed by atoms with Crippen LogP contribution in [0.15, 0.2) is 18.3 Å². The van der Waals surface area contributed by atoms with E-state index in [2.05, 4.69) is 0 Å². The van der Waals surface area contributed by atoms with E-state index in [-0.39, 0.29) is 17.7 Å². The summed E-state index contributed by atoms with van der Waals surface area (Å²) in [5.41, 5.74) is 0.782. The zero-order valence-electron chi connectivity index (χ0n) is 12.1. The van der Waals surface area contributed by atoms with E-state index in [9.17, 15) is 4.79 Å². The third-order valence-corrected chi connectivity index (χ3v) is 4.57. The number of rotatable bonds is 4. The number of esters is 1. The lowest BCUT2D eigenvalue weighted by molar-refractivity contribution is -0.0420. The van der Waals surface area contributed by atoms with Crippen molar-refractivity contribution in [2.24, 2.45) is 0 Å². The van der Waals surface area contributed by atoms with Gasteiger partial charge < -0.3 is 14.0 Å². The first kappa shape index (κ1) is 13.7. The highest BCUT2D eigenvalue weighted by atomic mass is 16.5. The van der Waals surface area contributed by atoms with E-state index >= 15 is 0 Å². The maximum Gasteiger partial charge on any atom is 0.354 e. The van der Waals surface area contributed by atoms with Crippen molar-refractivity contribution in [2.75, 3.05) is 6.61 Å². The number of carbonyl (C=O) groups is 1. The molecule has 4 heteroatoms. The standard InChI is InChI=1S/C16H23NO3/c1-2-19-15(18)14-6-5-11-17(14)12-13-7-10-16(20-13)8-3-4-9-16/h5-6,11,13H,2-4,7-10,12H2,1H3. The molecule has 2 fully saturated rings. The van der Waals surface area contributed by atoms with Gasteiger partial charge in [0.1, 0.15) is 5.69 Å². The van der Waals surface area contributed by atoms with E-state index in [0.717, 1.165) is 13.0 Å². The number of hydrogen-bond acceptors (Lipinski definition) is 3. The molecule has 2 aliphatic rings. The van der Waals surface area contributed by atoms with Crippen LogP contribution in [-0.2, 0) is 16.0 Å². The average Bonchev–Trinajstić information content (AvgIpc) is 3.14. The summed E-state index contributed by atoms with van der Waals surface area (Å²) >= 11 is 0. The predicted octanol–water partition coefficient (Wildman–Crippen LogP) is 3.16. The van der Waals surface area contributed by atoms with Crippen LogP contribution in [0.1, 0.15) is 55.9 Å². The second-order valence-electron chi connectivity index (χ2n) is 5.93. The second-order valence-corrected chi connectivity index (χ2v) is 5.93. The van der Waals surface area contributed by atoms with Gasteiger partial charge in [-0.05, 0) is 44.7 Å². The maximum atomic E-state index is 11.9. The molecular weight excluding hydrogens is 254 g/mol. The molecule has 0 N–H and O–H groups in total. The molecule has 0 bridgehead atoms. The average molecular weight is 277 g/mol. The monoisotopic (exact) mass is 277 g/mol. The molecule has 0 aromatic carbocycles. The third kappa shape index (κ3) is 2.62. The molecule has 0 amide bonds. The summed E-state index contributed by atoms with van der Waals surface area (Å²) in [6.07, 6.45) is 9.45. The molecule has 1 aliphatic carbocycles. The molecular formula is C16H23NO3. The molecule has 1 saturated heterocycles. The second kappa shape index (κ2) is 5.60. The Morgan fingerprint density at radius 1 is 1.45 bits per heavy atom. The number of ether oxygens (including phenoxy) is 2. The molecule has 20 heavy (non-hydrogen) atoms. The van der Waals surface area contributed by atoms with Gasteiger partial charge in [-0.2, -0.15) is 0 Å². The quantitative estimate of drug-likeness (QED) is 0.794. The van der Waals surface area contributed by atoms with Crippen molar-refractivity contribution in [1.29, 1.82) is 0 Å². The molecule has 4 nitrogen and oxygen atoms in total. The van der Waals surface area contributed by atoms with Gasteiger partial charge in [-0.15, -0.1) is 0 Å². The van der Waals surface area contributed by atoms with Gasteiger partial charge in [0.15, 0.2) is 0 Å². The summed E-state index contributed by atoms with van der Waals surface area (Å²) in [5, 5.41) is 0. The molecule has 1 atom stereocenters. The maximum absolute atomic E-state index is 11.9. The van der Waals surface area contributed by atoms with Gasteiger partial charge >= 0.3 is 5.97 Å². The molecule has 0 radical (unpaired) electrons. The third-order valence-electron chi connectivity index (χ3n) is 4.57. The highest BCUT2D eigenvalue weighted by Gasteiger charge is 2.42. The first-order valence-corrected chi connectivity index (χ1v) is 7.72. The van der Waals surface area contributed by atoms with E-state index in [0.29, 0.717) is 12.3 Å².